The number of para-hydroxylation sites is 1. The highest BCUT2D eigenvalue weighted by Gasteiger charge is 2.30. The number of fused-ring (bicyclic) bond motifs is 1. The molecular weight excluding hydrogens is 500 g/mol. The van der Waals surface area contributed by atoms with Gasteiger partial charge in [-0.2, -0.15) is 0 Å². The average Bonchev–Trinajstić information content (AvgIpc) is 3.24. The molecule has 0 radical (unpaired) electrons. The number of hydrogen-bond acceptors (Lipinski definition) is 5. The highest BCUT2D eigenvalue weighted by molar-refractivity contribution is 9.10. The van der Waals surface area contributed by atoms with Crippen LogP contribution in [0.5, 0.6) is 5.75 Å². The number of carboxylic acid groups (broad SMARTS) is 1. The average molecular weight is 522 g/mol. The van der Waals surface area contributed by atoms with Crippen LogP contribution in [-0.4, -0.2) is 30.4 Å². The Labute approximate surface area is 198 Å². The van der Waals surface area contributed by atoms with Crippen LogP contribution in [0.3, 0.4) is 0 Å². The molecule has 1 fully saturated rings. The van der Waals surface area contributed by atoms with E-state index < -0.39 is 5.97 Å². The lowest BCUT2D eigenvalue weighted by atomic mass is 10.1. The van der Waals surface area contributed by atoms with Gasteiger partial charge in [-0.05, 0) is 49.6 Å². The molecule has 1 heterocycles. The van der Waals surface area contributed by atoms with E-state index in [9.17, 15) is 9.59 Å². The number of carboxylic acids is 1. The first-order chi connectivity index (χ1) is 15.4. The van der Waals surface area contributed by atoms with Gasteiger partial charge in [0.2, 0.25) is 0 Å². The van der Waals surface area contributed by atoms with E-state index in [0.29, 0.717) is 65.5 Å². The predicted octanol–water partition coefficient (Wildman–Crippen LogP) is 5.91. The summed E-state index contributed by atoms with van der Waals surface area (Å²) in [5.41, 5.74) is 0.811. The Bertz CT molecular complexity index is 1190. The SMILES string of the molecule is O=C(O)C1CCC(OCCCOc2cc(Br)ccc2-c2cc(=O)c3cccc(Cl)c3o2)C1. The molecule has 1 aliphatic carbocycles. The molecule has 0 saturated heterocycles. The molecule has 0 aliphatic heterocycles. The van der Waals surface area contributed by atoms with Crippen LogP contribution >= 0.6 is 27.5 Å². The fraction of sp³-hybridized carbons (Fsp3) is 0.333. The van der Waals surface area contributed by atoms with E-state index in [4.69, 9.17) is 30.6 Å². The number of hydrogen-bond donors (Lipinski definition) is 1. The van der Waals surface area contributed by atoms with Crippen LogP contribution < -0.4 is 10.2 Å². The summed E-state index contributed by atoms with van der Waals surface area (Å²) in [4.78, 5) is 23.6. The summed E-state index contributed by atoms with van der Waals surface area (Å²) in [6, 6.07) is 12.0. The van der Waals surface area contributed by atoms with Crippen molar-refractivity contribution in [1.29, 1.82) is 0 Å². The lowest BCUT2D eigenvalue weighted by Crippen LogP contribution is -2.14. The number of rotatable bonds is 8. The molecule has 0 bridgehead atoms. The van der Waals surface area contributed by atoms with E-state index in [-0.39, 0.29) is 17.5 Å². The summed E-state index contributed by atoms with van der Waals surface area (Å²) in [6.07, 6.45) is 2.65. The first-order valence-corrected chi connectivity index (χ1v) is 11.6. The maximum atomic E-state index is 12.6. The lowest BCUT2D eigenvalue weighted by Gasteiger charge is -2.14. The molecule has 1 aromatic heterocycles. The normalized spacial score (nSPS) is 18.2. The zero-order valence-electron chi connectivity index (χ0n) is 17.2. The molecule has 32 heavy (non-hydrogen) atoms. The minimum Gasteiger partial charge on any atom is -0.493 e. The van der Waals surface area contributed by atoms with Crippen molar-refractivity contribution >= 4 is 44.5 Å². The summed E-state index contributed by atoms with van der Waals surface area (Å²) in [5.74, 6) is -0.102. The van der Waals surface area contributed by atoms with Gasteiger partial charge in [0, 0.05) is 17.0 Å². The van der Waals surface area contributed by atoms with E-state index in [1.54, 1.807) is 18.2 Å². The van der Waals surface area contributed by atoms with E-state index in [1.165, 1.54) is 6.07 Å². The minimum absolute atomic E-state index is 0.00541. The van der Waals surface area contributed by atoms with Crippen molar-refractivity contribution < 1.29 is 23.8 Å². The van der Waals surface area contributed by atoms with Gasteiger partial charge in [0.15, 0.2) is 11.0 Å². The van der Waals surface area contributed by atoms with Crippen molar-refractivity contribution in [2.75, 3.05) is 13.2 Å². The molecule has 0 amide bonds. The molecule has 4 rings (SSSR count). The molecule has 8 heteroatoms. The number of aliphatic carboxylic acids is 1. The second kappa shape index (κ2) is 10.1. The Kier molecular flexibility index (Phi) is 7.18. The molecule has 2 aromatic carbocycles. The summed E-state index contributed by atoms with van der Waals surface area (Å²) in [6.45, 7) is 0.887. The summed E-state index contributed by atoms with van der Waals surface area (Å²) >= 11 is 9.69. The van der Waals surface area contributed by atoms with Gasteiger partial charge in [0.1, 0.15) is 11.5 Å². The lowest BCUT2D eigenvalue weighted by molar-refractivity contribution is -0.141. The second-order valence-electron chi connectivity index (χ2n) is 7.77. The predicted molar refractivity (Wildman–Crippen MR) is 125 cm³/mol. The quantitative estimate of drug-likeness (QED) is 0.371. The van der Waals surface area contributed by atoms with Gasteiger partial charge in [0.25, 0.3) is 0 Å². The van der Waals surface area contributed by atoms with Crippen LogP contribution in [0.15, 0.2) is 56.1 Å². The van der Waals surface area contributed by atoms with Crippen molar-refractivity contribution in [2.45, 2.75) is 31.8 Å². The standard InChI is InChI=1S/C24H22BrClO6/c25-15-6-8-18(22-13-20(27)17-3-1-4-19(26)23(17)32-22)21(12-15)31-10-2-9-30-16-7-5-14(11-16)24(28)29/h1,3-4,6,8,12-14,16H,2,5,7,9-11H2,(H,28,29). The Morgan fingerprint density at radius 3 is 2.81 bits per heavy atom. The second-order valence-corrected chi connectivity index (χ2v) is 9.10. The minimum atomic E-state index is -0.747. The zero-order valence-corrected chi connectivity index (χ0v) is 19.5. The molecule has 1 saturated carbocycles. The van der Waals surface area contributed by atoms with Gasteiger partial charge >= 0.3 is 5.97 Å². The van der Waals surface area contributed by atoms with Crippen LogP contribution in [0.4, 0.5) is 0 Å². The highest BCUT2D eigenvalue weighted by atomic mass is 79.9. The van der Waals surface area contributed by atoms with Gasteiger partial charge in [-0.25, -0.2) is 0 Å². The number of ether oxygens (including phenoxy) is 2. The van der Waals surface area contributed by atoms with Crippen LogP contribution in [0.25, 0.3) is 22.3 Å². The van der Waals surface area contributed by atoms with E-state index in [0.717, 1.165) is 10.9 Å². The molecule has 168 valence electrons. The Morgan fingerprint density at radius 1 is 1.19 bits per heavy atom. The smallest absolute Gasteiger partial charge is 0.306 e. The Hall–Kier alpha value is -2.35. The third-order valence-corrected chi connectivity index (χ3v) is 6.34. The fourth-order valence-electron chi connectivity index (χ4n) is 3.90. The van der Waals surface area contributed by atoms with Gasteiger partial charge in [-0.3, -0.25) is 9.59 Å². The molecule has 1 N–H and O–H groups in total. The molecular formula is C24H22BrClO6. The fourth-order valence-corrected chi connectivity index (χ4v) is 4.45. The molecule has 1 aliphatic rings. The van der Waals surface area contributed by atoms with Crippen LogP contribution in [0.1, 0.15) is 25.7 Å². The number of benzene rings is 2. The summed E-state index contributed by atoms with van der Waals surface area (Å²) in [5, 5.41) is 9.88. The summed E-state index contributed by atoms with van der Waals surface area (Å²) in [7, 11) is 0. The van der Waals surface area contributed by atoms with Gasteiger partial charge in [0.05, 0.1) is 41.2 Å². The van der Waals surface area contributed by atoms with Crippen molar-refractivity contribution in [3.05, 3.63) is 62.2 Å². The first kappa shape index (κ1) is 22.8. The Morgan fingerprint density at radius 2 is 2.03 bits per heavy atom. The summed E-state index contributed by atoms with van der Waals surface area (Å²) < 4.78 is 18.6. The highest BCUT2D eigenvalue weighted by Crippen LogP contribution is 2.35. The number of carbonyl (C=O) groups is 1. The molecule has 2 unspecified atom stereocenters. The monoisotopic (exact) mass is 520 g/mol. The molecule has 2 atom stereocenters. The van der Waals surface area contributed by atoms with Crippen molar-refractivity contribution in [3.8, 4) is 17.1 Å². The molecule has 0 spiro atoms. The number of halogens is 2. The van der Waals surface area contributed by atoms with Crippen LogP contribution in [-0.2, 0) is 9.53 Å². The van der Waals surface area contributed by atoms with Crippen molar-refractivity contribution in [3.63, 3.8) is 0 Å². The van der Waals surface area contributed by atoms with Gasteiger partial charge < -0.3 is 19.0 Å². The zero-order chi connectivity index (χ0) is 22.7. The van der Waals surface area contributed by atoms with E-state index >= 15 is 0 Å². The van der Waals surface area contributed by atoms with Crippen LogP contribution in [0, 0.1) is 5.92 Å². The molecule has 6 nitrogen and oxygen atoms in total. The van der Waals surface area contributed by atoms with Crippen molar-refractivity contribution in [2.24, 2.45) is 5.92 Å². The van der Waals surface area contributed by atoms with Crippen LogP contribution in [0.2, 0.25) is 5.02 Å². The topological polar surface area (TPSA) is 86.0 Å². The third kappa shape index (κ3) is 5.17. The van der Waals surface area contributed by atoms with E-state index in [2.05, 4.69) is 15.9 Å². The largest absolute Gasteiger partial charge is 0.493 e. The van der Waals surface area contributed by atoms with E-state index in [1.807, 2.05) is 18.2 Å². The maximum Gasteiger partial charge on any atom is 0.306 e. The third-order valence-electron chi connectivity index (χ3n) is 5.55. The maximum absolute atomic E-state index is 12.6. The first-order valence-electron chi connectivity index (χ1n) is 10.4. The van der Waals surface area contributed by atoms with Crippen molar-refractivity contribution in [1.82, 2.24) is 0 Å². The molecule has 3 aromatic rings. The van der Waals surface area contributed by atoms with Gasteiger partial charge in [-0.15, -0.1) is 0 Å². The van der Waals surface area contributed by atoms with Gasteiger partial charge in [-0.1, -0.05) is 33.6 Å². The Balaban J connectivity index is 1.43.